The summed E-state index contributed by atoms with van der Waals surface area (Å²) in [4.78, 5) is 0. The van der Waals surface area contributed by atoms with Crippen LogP contribution < -0.4 is 5.73 Å². The minimum Gasteiger partial charge on any atom is -0.402 e. The molecule has 0 aliphatic carbocycles. The highest BCUT2D eigenvalue weighted by molar-refractivity contribution is 5.17. The molecule has 0 amide bonds. The Bertz CT molecular complexity index is 180. The van der Waals surface area contributed by atoms with Gasteiger partial charge in [0.2, 0.25) is 0 Å². The predicted octanol–water partition coefficient (Wildman–Crippen LogP) is 2.62. The molecule has 11 heavy (non-hydrogen) atoms. The van der Waals surface area contributed by atoms with Crippen molar-refractivity contribution in [2.45, 2.75) is 20.8 Å². The van der Waals surface area contributed by atoms with Gasteiger partial charge in [-0.05, 0) is 6.08 Å². The van der Waals surface area contributed by atoms with Gasteiger partial charge in [0.1, 0.15) is 0 Å². The maximum absolute atomic E-state index is 5.77. The lowest BCUT2D eigenvalue weighted by molar-refractivity contribution is 0.497. The van der Waals surface area contributed by atoms with E-state index in [1.807, 2.05) is 18.2 Å². The van der Waals surface area contributed by atoms with E-state index >= 15 is 0 Å². The van der Waals surface area contributed by atoms with Crippen molar-refractivity contribution >= 4 is 0 Å². The van der Waals surface area contributed by atoms with Crippen LogP contribution in [-0.4, -0.2) is 0 Å². The van der Waals surface area contributed by atoms with Crippen LogP contribution in [0.1, 0.15) is 20.8 Å². The van der Waals surface area contributed by atoms with Gasteiger partial charge in [-0.2, -0.15) is 0 Å². The largest absolute Gasteiger partial charge is 0.402 e. The molecule has 1 heteroatoms. The summed E-state index contributed by atoms with van der Waals surface area (Å²) in [5, 5.41) is 0. The SMILES string of the molecule is C=C/C=C/C=C(\N)C(C)(C)C. The lowest BCUT2D eigenvalue weighted by Gasteiger charge is -2.18. The summed E-state index contributed by atoms with van der Waals surface area (Å²) in [6.45, 7) is 9.81. The van der Waals surface area contributed by atoms with Crippen molar-refractivity contribution in [1.29, 1.82) is 0 Å². The molecule has 1 nitrogen and oxygen atoms in total. The van der Waals surface area contributed by atoms with Crippen molar-refractivity contribution in [1.82, 2.24) is 0 Å². The second-order valence-corrected chi connectivity index (χ2v) is 3.49. The van der Waals surface area contributed by atoms with Crippen molar-refractivity contribution in [2.75, 3.05) is 0 Å². The fourth-order valence-electron chi connectivity index (χ4n) is 0.488. The third kappa shape index (κ3) is 4.43. The van der Waals surface area contributed by atoms with Crippen LogP contribution in [0.3, 0.4) is 0 Å². The third-order valence-corrected chi connectivity index (χ3v) is 1.39. The summed E-state index contributed by atoms with van der Waals surface area (Å²) in [5.74, 6) is 0. The summed E-state index contributed by atoms with van der Waals surface area (Å²) < 4.78 is 0. The predicted molar refractivity (Wildman–Crippen MR) is 51.1 cm³/mol. The molecule has 0 heterocycles. The Kier molecular flexibility index (Phi) is 3.66. The van der Waals surface area contributed by atoms with Gasteiger partial charge < -0.3 is 5.73 Å². The number of hydrogen-bond donors (Lipinski definition) is 1. The van der Waals surface area contributed by atoms with Crippen LogP contribution in [0.15, 0.2) is 36.6 Å². The van der Waals surface area contributed by atoms with Gasteiger partial charge in [-0.25, -0.2) is 0 Å². The molecular weight excluding hydrogens is 134 g/mol. The summed E-state index contributed by atoms with van der Waals surface area (Å²) in [5.41, 5.74) is 6.71. The monoisotopic (exact) mass is 151 g/mol. The zero-order chi connectivity index (χ0) is 8.91. The smallest absolute Gasteiger partial charge is 0.0135 e. The molecule has 0 aromatic carbocycles. The van der Waals surface area contributed by atoms with E-state index < -0.39 is 0 Å². The maximum atomic E-state index is 5.77. The molecule has 0 aliphatic rings. The molecular formula is C10H17N. The first-order valence-electron chi connectivity index (χ1n) is 3.74. The number of nitrogens with two attached hydrogens (primary N) is 1. The van der Waals surface area contributed by atoms with Gasteiger partial charge in [-0.1, -0.05) is 45.6 Å². The molecule has 0 spiro atoms. The molecule has 0 atom stereocenters. The summed E-state index contributed by atoms with van der Waals surface area (Å²) in [6.07, 6.45) is 7.39. The minimum absolute atomic E-state index is 0.0610. The molecule has 0 unspecified atom stereocenters. The van der Waals surface area contributed by atoms with Crippen molar-refractivity contribution in [2.24, 2.45) is 11.1 Å². The van der Waals surface area contributed by atoms with E-state index in [0.717, 1.165) is 5.70 Å². The molecule has 0 saturated heterocycles. The van der Waals surface area contributed by atoms with E-state index in [9.17, 15) is 0 Å². The highest BCUT2D eigenvalue weighted by atomic mass is 14.6. The minimum atomic E-state index is 0.0610. The van der Waals surface area contributed by atoms with Crippen molar-refractivity contribution < 1.29 is 0 Å². The van der Waals surface area contributed by atoms with Crippen LogP contribution >= 0.6 is 0 Å². The van der Waals surface area contributed by atoms with E-state index in [1.54, 1.807) is 6.08 Å². The third-order valence-electron chi connectivity index (χ3n) is 1.39. The molecule has 0 saturated carbocycles. The Morgan fingerprint density at radius 2 is 1.82 bits per heavy atom. The number of rotatable bonds is 2. The van der Waals surface area contributed by atoms with E-state index in [4.69, 9.17) is 5.73 Å². The zero-order valence-corrected chi connectivity index (χ0v) is 7.59. The number of allylic oxidation sites excluding steroid dienone is 5. The highest BCUT2D eigenvalue weighted by Crippen LogP contribution is 2.19. The maximum Gasteiger partial charge on any atom is 0.0135 e. The topological polar surface area (TPSA) is 26.0 Å². The fourth-order valence-corrected chi connectivity index (χ4v) is 0.488. The van der Waals surface area contributed by atoms with Gasteiger partial charge >= 0.3 is 0 Å². The molecule has 0 radical (unpaired) electrons. The Labute approximate surface area is 69.3 Å². The molecule has 0 aromatic heterocycles. The second kappa shape index (κ2) is 4.02. The van der Waals surface area contributed by atoms with Gasteiger partial charge in [0.25, 0.3) is 0 Å². The molecule has 2 N–H and O–H groups in total. The molecule has 0 aliphatic heterocycles. The van der Waals surface area contributed by atoms with Crippen LogP contribution in [0, 0.1) is 5.41 Å². The van der Waals surface area contributed by atoms with E-state index in [0.29, 0.717) is 0 Å². The Morgan fingerprint density at radius 3 is 2.18 bits per heavy atom. The Hall–Kier alpha value is -0.980. The zero-order valence-electron chi connectivity index (χ0n) is 7.59. The standard InChI is InChI=1S/C10H17N/c1-5-6-7-8-9(11)10(2,3)4/h5-8H,1,11H2,2-4H3/b7-6+,9-8-. The van der Waals surface area contributed by atoms with Crippen LogP contribution in [-0.2, 0) is 0 Å². The van der Waals surface area contributed by atoms with Gasteiger partial charge in [0, 0.05) is 11.1 Å². The highest BCUT2D eigenvalue weighted by Gasteiger charge is 2.11. The Morgan fingerprint density at radius 1 is 1.27 bits per heavy atom. The van der Waals surface area contributed by atoms with Gasteiger partial charge in [0.15, 0.2) is 0 Å². The first kappa shape index (κ1) is 10.0. The average Bonchev–Trinajstić information content (AvgIpc) is 1.86. The lowest BCUT2D eigenvalue weighted by Crippen LogP contribution is -2.16. The summed E-state index contributed by atoms with van der Waals surface area (Å²) in [7, 11) is 0. The fraction of sp³-hybridized carbons (Fsp3) is 0.400. The normalized spacial score (nSPS) is 13.9. The summed E-state index contributed by atoms with van der Waals surface area (Å²) >= 11 is 0. The second-order valence-electron chi connectivity index (χ2n) is 3.49. The van der Waals surface area contributed by atoms with Crippen molar-refractivity contribution in [3.63, 3.8) is 0 Å². The molecule has 0 aromatic rings. The van der Waals surface area contributed by atoms with Crippen LogP contribution in [0.25, 0.3) is 0 Å². The van der Waals surface area contributed by atoms with Gasteiger partial charge in [0.05, 0.1) is 0 Å². The molecule has 62 valence electrons. The van der Waals surface area contributed by atoms with E-state index in [-0.39, 0.29) is 5.41 Å². The Balaban J connectivity index is 4.23. The summed E-state index contributed by atoms with van der Waals surface area (Å²) in [6, 6.07) is 0. The lowest BCUT2D eigenvalue weighted by atomic mass is 9.92. The van der Waals surface area contributed by atoms with Crippen molar-refractivity contribution in [3.05, 3.63) is 36.6 Å². The first-order valence-corrected chi connectivity index (χ1v) is 3.74. The van der Waals surface area contributed by atoms with E-state index in [1.165, 1.54) is 0 Å². The van der Waals surface area contributed by atoms with Gasteiger partial charge in [-0.15, -0.1) is 0 Å². The van der Waals surface area contributed by atoms with Gasteiger partial charge in [-0.3, -0.25) is 0 Å². The quantitative estimate of drug-likeness (QED) is 0.603. The first-order chi connectivity index (χ1) is 4.98. The number of hydrogen-bond acceptors (Lipinski definition) is 1. The van der Waals surface area contributed by atoms with Crippen LogP contribution in [0.5, 0.6) is 0 Å². The van der Waals surface area contributed by atoms with Crippen LogP contribution in [0.4, 0.5) is 0 Å². The van der Waals surface area contributed by atoms with Crippen LogP contribution in [0.2, 0.25) is 0 Å². The average molecular weight is 151 g/mol. The molecule has 0 rings (SSSR count). The molecule has 0 bridgehead atoms. The van der Waals surface area contributed by atoms with E-state index in [2.05, 4.69) is 27.4 Å². The molecule has 0 fully saturated rings. The van der Waals surface area contributed by atoms with Crippen molar-refractivity contribution in [3.8, 4) is 0 Å².